The molecule has 1 saturated heterocycles. The lowest BCUT2D eigenvalue weighted by atomic mass is 9.62. The monoisotopic (exact) mass is 556 g/mol. The normalized spacial score (nSPS) is 32.4. The van der Waals surface area contributed by atoms with Crippen molar-refractivity contribution >= 4 is 17.5 Å². The smallest absolute Gasteiger partial charge is 0.337 e. The zero-order chi connectivity index (χ0) is 27.4. The van der Waals surface area contributed by atoms with Crippen LogP contribution in [0.2, 0.25) is 5.02 Å². The van der Waals surface area contributed by atoms with Crippen molar-refractivity contribution in [3.05, 3.63) is 63.9 Å². The van der Waals surface area contributed by atoms with Crippen molar-refractivity contribution in [3.63, 3.8) is 0 Å². The Morgan fingerprint density at radius 2 is 2.03 bits per heavy atom. The zero-order valence-electron chi connectivity index (χ0n) is 21.7. The number of hydrogen-bond acceptors (Lipinski definition) is 4. The summed E-state index contributed by atoms with van der Waals surface area (Å²) in [6.45, 7) is 2.12. The molecule has 5 nitrogen and oxygen atoms in total. The minimum atomic E-state index is -4.46. The number of alkyl halides is 3. The van der Waals surface area contributed by atoms with E-state index in [0.29, 0.717) is 35.7 Å². The molecule has 0 radical (unpaired) electrons. The van der Waals surface area contributed by atoms with Gasteiger partial charge in [-0.3, -0.25) is 9.78 Å². The molecule has 1 aromatic carbocycles. The van der Waals surface area contributed by atoms with Crippen LogP contribution in [-0.2, 0) is 29.4 Å². The summed E-state index contributed by atoms with van der Waals surface area (Å²) in [5.41, 5.74) is 0.204. The molecule has 206 valence electrons. The number of fused-ring (bicyclic) bond motifs is 2. The van der Waals surface area contributed by atoms with Crippen LogP contribution in [0.5, 0.6) is 0 Å². The Kier molecular flexibility index (Phi) is 6.67. The third-order valence-electron chi connectivity index (χ3n) is 10.1. The number of nitrogens with zero attached hydrogens (tertiary/aromatic N) is 3. The van der Waals surface area contributed by atoms with E-state index in [2.05, 4.69) is 16.4 Å². The van der Waals surface area contributed by atoms with Crippen molar-refractivity contribution in [2.24, 2.45) is 23.2 Å². The standard InChI is InChI=1S/C30H32ClF3N4O/c31-24-5-3-21(4-6-24)29(18-35)9-10-36-16-25(29)19-12-22-2-1-8-28(22,14-19)27(39)38-11-7-26-20(17-38)13-23(15-37-26)30(32,33)34/h3-6,13,15,19,22,25,36H,1-2,7-12,14,16-17H2/t19-,22+,25?,28+,29?/m0/s1. The molecule has 9 heteroatoms. The molecule has 5 atom stereocenters. The van der Waals surface area contributed by atoms with Crippen LogP contribution in [0.3, 0.4) is 0 Å². The molecule has 39 heavy (non-hydrogen) atoms. The number of rotatable bonds is 3. The van der Waals surface area contributed by atoms with Crippen LogP contribution in [-0.4, -0.2) is 35.4 Å². The minimum Gasteiger partial charge on any atom is -0.337 e. The van der Waals surface area contributed by atoms with E-state index in [4.69, 9.17) is 11.6 Å². The molecule has 2 saturated carbocycles. The molecule has 2 unspecified atom stereocenters. The highest BCUT2D eigenvalue weighted by Crippen LogP contribution is 2.61. The van der Waals surface area contributed by atoms with E-state index in [0.717, 1.165) is 63.0 Å². The van der Waals surface area contributed by atoms with Gasteiger partial charge >= 0.3 is 6.18 Å². The molecule has 6 rings (SSSR count). The second-order valence-electron chi connectivity index (χ2n) is 11.9. The average molecular weight is 557 g/mol. The molecule has 1 amide bonds. The summed E-state index contributed by atoms with van der Waals surface area (Å²) in [5.74, 6) is 0.583. The third kappa shape index (κ3) is 4.42. The lowest BCUT2D eigenvalue weighted by Gasteiger charge is -2.44. The summed E-state index contributed by atoms with van der Waals surface area (Å²) in [7, 11) is 0. The number of nitriles is 1. The van der Waals surface area contributed by atoms with Crippen LogP contribution in [0.15, 0.2) is 36.5 Å². The number of amides is 1. The Hall–Kier alpha value is -2.63. The van der Waals surface area contributed by atoms with Crippen molar-refractivity contribution in [1.82, 2.24) is 15.2 Å². The molecule has 3 fully saturated rings. The Morgan fingerprint density at radius 1 is 1.23 bits per heavy atom. The Bertz CT molecular complexity index is 1310. The molecular formula is C30H32ClF3N4O. The van der Waals surface area contributed by atoms with Gasteiger partial charge in [0.2, 0.25) is 5.91 Å². The van der Waals surface area contributed by atoms with E-state index < -0.39 is 22.6 Å². The van der Waals surface area contributed by atoms with Crippen LogP contribution in [0, 0.1) is 34.5 Å². The Labute approximate surface area is 231 Å². The topological polar surface area (TPSA) is 69.0 Å². The van der Waals surface area contributed by atoms with Crippen molar-refractivity contribution in [2.45, 2.75) is 63.1 Å². The Balaban J connectivity index is 1.27. The van der Waals surface area contributed by atoms with Gasteiger partial charge in [0.05, 0.1) is 22.5 Å². The van der Waals surface area contributed by atoms with Gasteiger partial charge in [-0.05, 0) is 85.7 Å². The first kappa shape index (κ1) is 26.6. The van der Waals surface area contributed by atoms with Crippen LogP contribution in [0.1, 0.15) is 60.9 Å². The first-order valence-corrected chi connectivity index (χ1v) is 14.3. The van der Waals surface area contributed by atoms with Crippen molar-refractivity contribution < 1.29 is 18.0 Å². The molecule has 1 N–H and O–H groups in total. The maximum atomic E-state index is 14.3. The predicted octanol–water partition coefficient (Wildman–Crippen LogP) is 5.91. The molecular weight excluding hydrogens is 525 g/mol. The van der Waals surface area contributed by atoms with Gasteiger partial charge in [-0.1, -0.05) is 30.2 Å². The number of nitrogens with one attached hydrogen (secondary N) is 1. The van der Waals surface area contributed by atoms with Gasteiger partial charge in [-0.2, -0.15) is 18.4 Å². The summed E-state index contributed by atoms with van der Waals surface area (Å²) in [4.78, 5) is 20.1. The molecule has 2 aliphatic carbocycles. The van der Waals surface area contributed by atoms with E-state index in [1.807, 2.05) is 24.3 Å². The highest BCUT2D eigenvalue weighted by atomic mass is 35.5. The number of aromatic nitrogens is 1. The van der Waals surface area contributed by atoms with E-state index in [9.17, 15) is 23.2 Å². The summed E-state index contributed by atoms with van der Waals surface area (Å²) in [6.07, 6.45) is 1.99. The van der Waals surface area contributed by atoms with Gasteiger partial charge in [0, 0.05) is 43.0 Å². The molecule has 2 aliphatic heterocycles. The highest BCUT2D eigenvalue weighted by molar-refractivity contribution is 6.30. The summed E-state index contributed by atoms with van der Waals surface area (Å²) >= 11 is 6.16. The molecule has 0 bridgehead atoms. The maximum absolute atomic E-state index is 14.3. The van der Waals surface area contributed by atoms with E-state index in [-0.39, 0.29) is 30.2 Å². The lowest BCUT2D eigenvalue weighted by Crippen LogP contribution is -2.50. The summed E-state index contributed by atoms with van der Waals surface area (Å²) < 4.78 is 40.0. The fraction of sp³-hybridized carbons (Fsp3) is 0.567. The maximum Gasteiger partial charge on any atom is 0.417 e. The summed E-state index contributed by atoms with van der Waals surface area (Å²) in [5, 5.41) is 14.7. The van der Waals surface area contributed by atoms with E-state index in [1.54, 1.807) is 4.90 Å². The summed E-state index contributed by atoms with van der Waals surface area (Å²) in [6, 6.07) is 11.5. The highest BCUT2D eigenvalue weighted by Gasteiger charge is 2.60. The number of pyridine rings is 1. The van der Waals surface area contributed by atoms with Gasteiger partial charge < -0.3 is 10.2 Å². The van der Waals surface area contributed by atoms with Gasteiger partial charge in [0.1, 0.15) is 0 Å². The number of piperidine rings is 1. The van der Waals surface area contributed by atoms with Gasteiger partial charge in [0.25, 0.3) is 0 Å². The second kappa shape index (κ2) is 9.78. The number of carbonyl (C=O) groups is 1. The predicted molar refractivity (Wildman–Crippen MR) is 141 cm³/mol. The van der Waals surface area contributed by atoms with Gasteiger partial charge in [0.15, 0.2) is 0 Å². The van der Waals surface area contributed by atoms with E-state index in [1.165, 1.54) is 0 Å². The van der Waals surface area contributed by atoms with Gasteiger partial charge in [-0.15, -0.1) is 0 Å². The lowest BCUT2D eigenvalue weighted by molar-refractivity contribution is -0.144. The van der Waals surface area contributed by atoms with Crippen LogP contribution >= 0.6 is 11.6 Å². The number of carbonyl (C=O) groups excluding carboxylic acids is 1. The molecule has 0 spiro atoms. The second-order valence-corrected chi connectivity index (χ2v) is 12.3. The SMILES string of the molecule is N#CC1(c2ccc(Cl)cc2)CCNCC1[C@H]1C[C@H]2CCC[C@@]2(C(=O)N2CCc3ncc(C(F)(F)F)cc3C2)C1. The van der Waals surface area contributed by atoms with Crippen molar-refractivity contribution in [1.29, 1.82) is 5.26 Å². The van der Waals surface area contributed by atoms with Crippen LogP contribution in [0.25, 0.3) is 0 Å². The Morgan fingerprint density at radius 3 is 2.77 bits per heavy atom. The molecule has 3 heterocycles. The van der Waals surface area contributed by atoms with Crippen LogP contribution < -0.4 is 5.32 Å². The van der Waals surface area contributed by atoms with Crippen LogP contribution in [0.4, 0.5) is 13.2 Å². The fourth-order valence-corrected chi connectivity index (χ4v) is 8.32. The zero-order valence-corrected chi connectivity index (χ0v) is 22.5. The molecule has 4 aliphatic rings. The first-order chi connectivity index (χ1) is 18.7. The molecule has 1 aromatic heterocycles. The number of hydrogen-bond donors (Lipinski definition) is 1. The third-order valence-corrected chi connectivity index (χ3v) is 10.3. The van der Waals surface area contributed by atoms with Crippen molar-refractivity contribution in [3.8, 4) is 6.07 Å². The fourth-order valence-electron chi connectivity index (χ4n) is 8.20. The quantitative estimate of drug-likeness (QED) is 0.510. The number of halogens is 4. The van der Waals surface area contributed by atoms with Gasteiger partial charge in [-0.25, -0.2) is 0 Å². The largest absolute Gasteiger partial charge is 0.417 e. The van der Waals surface area contributed by atoms with E-state index >= 15 is 0 Å². The first-order valence-electron chi connectivity index (χ1n) is 13.9. The minimum absolute atomic E-state index is 0.0633. The molecule has 2 aromatic rings. The average Bonchev–Trinajstić information content (AvgIpc) is 3.50. The van der Waals surface area contributed by atoms with Crippen molar-refractivity contribution in [2.75, 3.05) is 19.6 Å². The number of benzene rings is 1.